The summed E-state index contributed by atoms with van der Waals surface area (Å²) >= 11 is 0. The molecule has 1 saturated carbocycles. The topological polar surface area (TPSA) is 48.9 Å². The van der Waals surface area contributed by atoms with Gasteiger partial charge in [-0.15, -0.1) is 0 Å². The largest absolute Gasteiger partial charge is 0.382 e. The van der Waals surface area contributed by atoms with Gasteiger partial charge in [0, 0.05) is 32.8 Å². The van der Waals surface area contributed by atoms with E-state index in [1.807, 2.05) is 0 Å². The number of benzene rings is 1. The summed E-state index contributed by atoms with van der Waals surface area (Å²) in [6, 6.07) is 8.78. The average Bonchev–Trinajstić information content (AvgIpc) is 3.14. The lowest BCUT2D eigenvalue weighted by Gasteiger charge is -2.30. The van der Waals surface area contributed by atoms with Gasteiger partial charge in [-0.3, -0.25) is 0 Å². The van der Waals surface area contributed by atoms with Crippen LogP contribution in [0.15, 0.2) is 29.3 Å². The fourth-order valence-corrected chi connectivity index (χ4v) is 3.97. The highest BCUT2D eigenvalue weighted by molar-refractivity contribution is 5.79. The number of aliphatic imine (C=N–C) groups is 1. The van der Waals surface area contributed by atoms with Crippen molar-refractivity contribution in [3.8, 4) is 0 Å². The number of hydrogen-bond acceptors (Lipinski definition) is 3. The van der Waals surface area contributed by atoms with E-state index in [1.54, 1.807) is 0 Å². The Bertz CT molecular complexity index is 577. The van der Waals surface area contributed by atoms with Crippen molar-refractivity contribution in [3.63, 3.8) is 0 Å². The van der Waals surface area contributed by atoms with Gasteiger partial charge in [0.25, 0.3) is 0 Å². The second kappa shape index (κ2) is 12.1. The molecule has 2 rings (SSSR count). The first-order chi connectivity index (χ1) is 13.6. The molecule has 1 aliphatic carbocycles. The Balaban J connectivity index is 1.92. The van der Waals surface area contributed by atoms with E-state index >= 15 is 0 Å². The van der Waals surface area contributed by atoms with Crippen LogP contribution >= 0.6 is 0 Å². The van der Waals surface area contributed by atoms with E-state index in [9.17, 15) is 0 Å². The summed E-state index contributed by atoms with van der Waals surface area (Å²) in [5.74, 6) is 0.919. The molecule has 0 unspecified atom stereocenters. The maximum absolute atomic E-state index is 5.64. The van der Waals surface area contributed by atoms with Gasteiger partial charge < -0.3 is 20.3 Å². The van der Waals surface area contributed by atoms with Gasteiger partial charge in [-0.25, -0.2) is 4.99 Å². The zero-order chi connectivity index (χ0) is 20.2. The molecule has 0 radical (unpaired) electrons. The number of nitrogens with one attached hydrogen (secondary N) is 2. The lowest BCUT2D eigenvalue weighted by Crippen LogP contribution is -2.43. The molecule has 1 aromatic carbocycles. The summed E-state index contributed by atoms with van der Waals surface area (Å²) in [5, 5.41) is 7.01. The van der Waals surface area contributed by atoms with Crippen molar-refractivity contribution in [2.45, 2.75) is 59.0 Å². The quantitative estimate of drug-likeness (QED) is 0.344. The molecule has 0 saturated heterocycles. The molecule has 1 aromatic rings. The van der Waals surface area contributed by atoms with Crippen molar-refractivity contribution >= 4 is 5.96 Å². The predicted octanol–water partition coefficient (Wildman–Crippen LogP) is 3.79. The van der Waals surface area contributed by atoms with E-state index in [0.717, 1.165) is 45.2 Å². The third-order valence-corrected chi connectivity index (χ3v) is 5.56. The summed E-state index contributed by atoms with van der Waals surface area (Å²) in [6.07, 6.45) is 6.39. The molecule has 28 heavy (non-hydrogen) atoms. The first-order valence-corrected chi connectivity index (χ1v) is 10.9. The predicted molar refractivity (Wildman–Crippen MR) is 119 cm³/mol. The first-order valence-electron chi connectivity index (χ1n) is 10.9. The maximum atomic E-state index is 5.64. The Hall–Kier alpha value is -1.59. The highest BCUT2D eigenvalue weighted by atomic mass is 16.5. The van der Waals surface area contributed by atoms with Crippen LogP contribution in [0.25, 0.3) is 0 Å². The molecule has 158 valence electrons. The number of rotatable bonds is 11. The number of guanidine groups is 1. The molecule has 5 nitrogen and oxygen atoms in total. The Morgan fingerprint density at radius 3 is 2.36 bits per heavy atom. The maximum Gasteiger partial charge on any atom is 0.191 e. The van der Waals surface area contributed by atoms with Gasteiger partial charge >= 0.3 is 0 Å². The fourth-order valence-electron chi connectivity index (χ4n) is 3.97. The molecule has 1 aliphatic rings. The normalized spacial score (nSPS) is 16.5. The zero-order valence-electron chi connectivity index (χ0n) is 18.4. The average molecular weight is 389 g/mol. The summed E-state index contributed by atoms with van der Waals surface area (Å²) in [5.41, 5.74) is 2.94. The van der Waals surface area contributed by atoms with E-state index in [2.05, 4.69) is 67.7 Å². The minimum atomic E-state index is 0.360. The van der Waals surface area contributed by atoms with E-state index in [4.69, 9.17) is 9.73 Å². The summed E-state index contributed by atoms with van der Waals surface area (Å²) in [6.45, 7) is 9.39. The van der Waals surface area contributed by atoms with Gasteiger partial charge in [-0.2, -0.15) is 0 Å². The number of hydrogen-bond donors (Lipinski definition) is 2. The molecule has 0 atom stereocenters. The van der Waals surface area contributed by atoms with Crippen LogP contribution in [0.4, 0.5) is 0 Å². The Morgan fingerprint density at radius 1 is 1.07 bits per heavy atom. The van der Waals surface area contributed by atoms with Crippen molar-refractivity contribution < 1.29 is 4.74 Å². The standard InChI is InChI=1S/C23H40N4O/c1-5-24-22(25-17-20-9-11-21(12-10-20)18-27(3)4)26-19-23(13-7-8-14-23)15-16-28-6-2/h9-12H,5-8,13-19H2,1-4H3,(H2,24,25,26). The molecule has 0 aromatic heterocycles. The molecule has 0 bridgehead atoms. The highest BCUT2D eigenvalue weighted by Gasteiger charge is 2.33. The Kier molecular flexibility index (Phi) is 9.79. The van der Waals surface area contributed by atoms with Gasteiger partial charge in [0.1, 0.15) is 0 Å². The lowest BCUT2D eigenvalue weighted by molar-refractivity contribution is 0.105. The highest BCUT2D eigenvalue weighted by Crippen LogP contribution is 2.40. The molecule has 5 heteroatoms. The van der Waals surface area contributed by atoms with Crippen molar-refractivity contribution in [3.05, 3.63) is 35.4 Å². The van der Waals surface area contributed by atoms with Gasteiger partial charge in [-0.1, -0.05) is 37.1 Å². The second-order valence-electron chi connectivity index (χ2n) is 8.26. The lowest BCUT2D eigenvalue weighted by atomic mass is 9.83. The van der Waals surface area contributed by atoms with Crippen molar-refractivity contribution in [1.82, 2.24) is 15.5 Å². The fraction of sp³-hybridized carbons (Fsp3) is 0.696. The third kappa shape index (κ3) is 7.80. The van der Waals surface area contributed by atoms with Crippen molar-refractivity contribution in [2.24, 2.45) is 10.4 Å². The van der Waals surface area contributed by atoms with Crippen LogP contribution in [0.2, 0.25) is 0 Å². The first kappa shape index (κ1) is 22.7. The van der Waals surface area contributed by atoms with Crippen molar-refractivity contribution in [1.29, 1.82) is 0 Å². The molecule has 2 N–H and O–H groups in total. The number of nitrogens with zero attached hydrogens (tertiary/aromatic N) is 2. The van der Waals surface area contributed by atoms with Crippen LogP contribution in [-0.2, 0) is 17.8 Å². The van der Waals surface area contributed by atoms with E-state index in [1.165, 1.54) is 36.8 Å². The third-order valence-electron chi connectivity index (χ3n) is 5.56. The summed E-state index contributed by atoms with van der Waals surface area (Å²) in [4.78, 5) is 7.00. The van der Waals surface area contributed by atoms with Crippen LogP contribution in [0.5, 0.6) is 0 Å². The molecular formula is C23H40N4O. The zero-order valence-corrected chi connectivity index (χ0v) is 18.4. The molecule has 0 heterocycles. The smallest absolute Gasteiger partial charge is 0.191 e. The van der Waals surface area contributed by atoms with Crippen LogP contribution in [-0.4, -0.2) is 51.3 Å². The SMILES string of the molecule is CCNC(=NCc1ccc(CN(C)C)cc1)NCC1(CCOCC)CCCC1. The van der Waals surface area contributed by atoms with Crippen LogP contribution in [0, 0.1) is 5.41 Å². The molecule has 1 fully saturated rings. The Labute approximate surface area is 171 Å². The minimum Gasteiger partial charge on any atom is -0.382 e. The molecule has 0 spiro atoms. The Morgan fingerprint density at radius 2 is 1.75 bits per heavy atom. The summed E-state index contributed by atoms with van der Waals surface area (Å²) < 4.78 is 5.64. The van der Waals surface area contributed by atoms with Crippen LogP contribution < -0.4 is 10.6 Å². The monoisotopic (exact) mass is 388 g/mol. The second-order valence-corrected chi connectivity index (χ2v) is 8.26. The molecule has 0 aliphatic heterocycles. The van der Waals surface area contributed by atoms with Gasteiger partial charge in [0.2, 0.25) is 0 Å². The minimum absolute atomic E-state index is 0.360. The van der Waals surface area contributed by atoms with Crippen LogP contribution in [0.1, 0.15) is 57.1 Å². The molecular weight excluding hydrogens is 348 g/mol. The molecule has 0 amide bonds. The van der Waals surface area contributed by atoms with Gasteiger partial charge in [0.15, 0.2) is 5.96 Å². The van der Waals surface area contributed by atoms with Gasteiger partial charge in [-0.05, 0) is 63.7 Å². The summed E-state index contributed by atoms with van der Waals surface area (Å²) in [7, 11) is 4.19. The van der Waals surface area contributed by atoms with Crippen molar-refractivity contribution in [2.75, 3.05) is 40.4 Å². The van der Waals surface area contributed by atoms with Crippen LogP contribution in [0.3, 0.4) is 0 Å². The van der Waals surface area contributed by atoms with Gasteiger partial charge in [0.05, 0.1) is 6.54 Å². The van der Waals surface area contributed by atoms with E-state index < -0.39 is 0 Å². The van der Waals surface area contributed by atoms with E-state index in [-0.39, 0.29) is 0 Å². The van der Waals surface area contributed by atoms with E-state index in [0.29, 0.717) is 12.0 Å². The number of ether oxygens (including phenoxy) is 1.